The highest BCUT2D eigenvalue weighted by molar-refractivity contribution is 9.10. The fourth-order valence-corrected chi connectivity index (χ4v) is 3.94. The van der Waals surface area contributed by atoms with E-state index in [1.165, 1.54) is 33.4 Å². The van der Waals surface area contributed by atoms with Crippen molar-refractivity contribution in [1.82, 2.24) is 6.15 Å². The maximum atomic E-state index is 3.79. The molecule has 0 aliphatic heterocycles. The minimum atomic E-state index is 0. The lowest BCUT2D eigenvalue weighted by Gasteiger charge is -2.21. The fraction of sp³-hybridized carbons (Fsp3) is 0.308. The van der Waals surface area contributed by atoms with Crippen LogP contribution in [0.5, 0.6) is 0 Å². The summed E-state index contributed by atoms with van der Waals surface area (Å²) in [6.45, 7) is 13.5. The summed E-state index contributed by atoms with van der Waals surface area (Å²) >= 11 is 3.79. The van der Waals surface area contributed by atoms with E-state index in [-0.39, 0.29) is 17.0 Å². The van der Waals surface area contributed by atoms with Crippen molar-refractivity contribution in [2.24, 2.45) is 0 Å². The molecule has 0 unspecified atom stereocenters. The van der Waals surface area contributed by atoms with Crippen LogP contribution in [0.1, 0.15) is 52.7 Å². The molecule has 0 aliphatic carbocycles. The Morgan fingerprint density at radius 3 is 1.43 bits per heavy atom. The number of benzene rings is 3. The molecule has 0 saturated carbocycles. The van der Waals surface area contributed by atoms with Gasteiger partial charge in [0.05, 0.1) is 0 Å². The van der Waals surface area contributed by atoms with E-state index in [0.717, 1.165) is 4.47 Å². The van der Waals surface area contributed by atoms with Gasteiger partial charge in [-0.15, -0.1) is 0 Å². The van der Waals surface area contributed by atoms with E-state index in [4.69, 9.17) is 0 Å². The third kappa shape index (κ3) is 4.74. The molecule has 0 radical (unpaired) electrons. The van der Waals surface area contributed by atoms with Crippen LogP contribution in [0.25, 0.3) is 22.3 Å². The van der Waals surface area contributed by atoms with E-state index < -0.39 is 0 Å². The van der Waals surface area contributed by atoms with Crippen LogP contribution in [-0.4, -0.2) is 0 Å². The van der Waals surface area contributed by atoms with E-state index in [1.807, 2.05) is 0 Å². The van der Waals surface area contributed by atoms with Gasteiger partial charge in [0.1, 0.15) is 0 Å². The van der Waals surface area contributed by atoms with Gasteiger partial charge in [-0.25, -0.2) is 0 Å². The molecule has 3 rings (SSSR count). The average Bonchev–Trinajstić information content (AvgIpc) is 2.60. The Balaban J connectivity index is 0.00000280. The van der Waals surface area contributed by atoms with E-state index in [2.05, 4.69) is 124 Å². The fourth-order valence-electron chi connectivity index (χ4n) is 3.34. The number of rotatable bonds is 2. The highest BCUT2D eigenvalue weighted by atomic mass is 79.9. The summed E-state index contributed by atoms with van der Waals surface area (Å²) in [7, 11) is 0. The molecular weight excluding hydrogens is 406 g/mol. The third-order valence-corrected chi connectivity index (χ3v) is 5.78. The van der Waals surface area contributed by atoms with E-state index >= 15 is 0 Å². The van der Waals surface area contributed by atoms with Gasteiger partial charge in [-0.1, -0.05) is 118 Å². The molecule has 0 fully saturated rings. The average molecular weight is 438 g/mol. The van der Waals surface area contributed by atoms with Crippen molar-refractivity contribution in [3.63, 3.8) is 0 Å². The molecule has 28 heavy (non-hydrogen) atoms. The molecule has 3 N–H and O–H groups in total. The summed E-state index contributed by atoms with van der Waals surface area (Å²) in [5.41, 5.74) is 8.05. The van der Waals surface area contributed by atoms with Gasteiger partial charge < -0.3 is 6.15 Å². The van der Waals surface area contributed by atoms with Crippen LogP contribution in [0.15, 0.2) is 71.2 Å². The molecule has 3 aromatic carbocycles. The van der Waals surface area contributed by atoms with Crippen LogP contribution in [0.4, 0.5) is 0 Å². The van der Waals surface area contributed by atoms with E-state index in [1.54, 1.807) is 0 Å². The first-order valence-electron chi connectivity index (χ1n) is 9.58. The Bertz CT molecular complexity index is 924. The van der Waals surface area contributed by atoms with Crippen molar-refractivity contribution >= 4 is 15.9 Å². The van der Waals surface area contributed by atoms with Gasteiger partial charge in [0.2, 0.25) is 0 Å². The Labute approximate surface area is 178 Å². The van der Waals surface area contributed by atoms with E-state index in [0.29, 0.717) is 0 Å². The van der Waals surface area contributed by atoms with Gasteiger partial charge in [0.25, 0.3) is 0 Å². The minimum absolute atomic E-state index is 0. The molecule has 148 valence electrons. The first kappa shape index (κ1) is 22.4. The predicted molar refractivity (Wildman–Crippen MR) is 127 cm³/mol. The van der Waals surface area contributed by atoms with Crippen LogP contribution in [0.3, 0.4) is 0 Å². The third-order valence-electron chi connectivity index (χ3n) is 5.12. The molecule has 3 aromatic rings. The normalized spacial score (nSPS) is 11.8. The van der Waals surface area contributed by atoms with Gasteiger partial charge in [0, 0.05) is 10.0 Å². The van der Waals surface area contributed by atoms with Gasteiger partial charge >= 0.3 is 0 Å². The second-order valence-corrected chi connectivity index (χ2v) is 10.2. The molecule has 0 heterocycles. The first-order valence-corrected chi connectivity index (χ1v) is 10.4. The molecule has 1 nitrogen and oxygen atoms in total. The minimum Gasteiger partial charge on any atom is -0.344 e. The Morgan fingerprint density at radius 1 is 0.571 bits per heavy atom. The summed E-state index contributed by atoms with van der Waals surface area (Å²) in [4.78, 5) is 0. The summed E-state index contributed by atoms with van der Waals surface area (Å²) in [6.07, 6.45) is 0. The lowest BCUT2D eigenvalue weighted by Crippen LogP contribution is -2.10. The van der Waals surface area contributed by atoms with Gasteiger partial charge in [-0.3, -0.25) is 0 Å². The number of hydrogen-bond acceptors (Lipinski definition) is 1. The number of halogens is 1. The van der Waals surface area contributed by atoms with Crippen LogP contribution in [0, 0.1) is 0 Å². The first-order chi connectivity index (χ1) is 12.6. The van der Waals surface area contributed by atoms with Crippen molar-refractivity contribution in [2.45, 2.75) is 52.4 Å². The molecule has 0 amide bonds. The zero-order valence-corrected chi connectivity index (χ0v) is 19.5. The maximum absolute atomic E-state index is 3.79. The van der Waals surface area contributed by atoms with E-state index in [9.17, 15) is 0 Å². The molecule has 0 bridgehead atoms. The SMILES string of the molecule is CC(C)(C)c1ccc(-c2cccc(Br)c2-c2ccc(C(C)(C)C)cc2)cc1.N. The summed E-state index contributed by atoms with van der Waals surface area (Å²) < 4.78 is 1.13. The monoisotopic (exact) mass is 437 g/mol. The highest BCUT2D eigenvalue weighted by Gasteiger charge is 2.17. The van der Waals surface area contributed by atoms with Gasteiger partial charge in [0.15, 0.2) is 0 Å². The summed E-state index contributed by atoms with van der Waals surface area (Å²) in [5.74, 6) is 0. The molecule has 0 aliphatic rings. The van der Waals surface area contributed by atoms with Crippen molar-refractivity contribution in [1.29, 1.82) is 0 Å². The van der Waals surface area contributed by atoms with Crippen LogP contribution in [-0.2, 0) is 10.8 Å². The number of hydrogen-bond donors (Lipinski definition) is 1. The molecule has 0 atom stereocenters. The molecule has 2 heteroatoms. The zero-order valence-electron chi connectivity index (χ0n) is 17.9. The topological polar surface area (TPSA) is 35.0 Å². The predicted octanol–water partition coefficient (Wildman–Crippen LogP) is 8.54. The lowest BCUT2D eigenvalue weighted by atomic mass is 9.84. The summed E-state index contributed by atoms with van der Waals surface area (Å²) in [6, 6.07) is 24.4. The zero-order chi connectivity index (χ0) is 19.8. The Hall–Kier alpha value is -1.90. The molecule has 0 saturated heterocycles. The highest BCUT2D eigenvalue weighted by Crippen LogP contribution is 2.39. The van der Waals surface area contributed by atoms with Crippen molar-refractivity contribution in [2.75, 3.05) is 0 Å². The quantitative estimate of drug-likeness (QED) is 0.427. The smallest absolute Gasteiger partial charge is 0.0259 e. The van der Waals surface area contributed by atoms with Crippen molar-refractivity contribution in [3.8, 4) is 22.3 Å². The largest absolute Gasteiger partial charge is 0.344 e. The van der Waals surface area contributed by atoms with Gasteiger partial charge in [-0.2, -0.15) is 0 Å². The van der Waals surface area contributed by atoms with Crippen LogP contribution in [0.2, 0.25) is 0 Å². The molecule has 0 aromatic heterocycles. The molecule has 0 spiro atoms. The van der Waals surface area contributed by atoms with Crippen LogP contribution < -0.4 is 6.15 Å². The van der Waals surface area contributed by atoms with Crippen molar-refractivity contribution < 1.29 is 0 Å². The van der Waals surface area contributed by atoms with Crippen LogP contribution >= 0.6 is 15.9 Å². The standard InChI is InChI=1S/C26H29Br.H3N/c1-25(2,3)20-14-10-18(11-15-20)22-8-7-9-23(27)24(22)19-12-16-21(17-13-19)26(4,5)6;/h7-17H,1-6H3;1H3. The van der Waals surface area contributed by atoms with Crippen molar-refractivity contribution in [3.05, 3.63) is 82.3 Å². The maximum Gasteiger partial charge on any atom is 0.0259 e. The Morgan fingerprint density at radius 2 is 1.00 bits per heavy atom. The summed E-state index contributed by atoms with van der Waals surface area (Å²) in [5, 5.41) is 0. The lowest BCUT2D eigenvalue weighted by molar-refractivity contribution is 0.590. The Kier molecular flexibility index (Phi) is 6.58. The molecular formula is C26H32BrN. The second-order valence-electron chi connectivity index (χ2n) is 9.32. The van der Waals surface area contributed by atoms with Gasteiger partial charge in [-0.05, 0) is 44.7 Å². The second kappa shape index (κ2) is 8.23.